The number of nitrogens with one attached hydrogen (secondary N) is 1. The van der Waals surface area contributed by atoms with Gasteiger partial charge in [-0.3, -0.25) is 10.1 Å². The van der Waals surface area contributed by atoms with Gasteiger partial charge in [0.1, 0.15) is 0 Å². The molecule has 1 saturated carbocycles. The van der Waals surface area contributed by atoms with Gasteiger partial charge >= 0.3 is 0 Å². The van der Waals surface area contributed by atoms with Gasteiger partial charge in [-0.1, -0.05) is 26.2 Å². The van der Waals surface area contributed by atoms with Crippen LogP contribution in [0.25, 0.3) is 0 Å². The summed E-state index contributed by atoms with van der Waals surface area (Å²) < 4.78 is 5.34. The van der Waals surface area contributed by atoms with Gasteiger partial charge in [0.15, 0.2) is 0 Å². The smallest absolute Gasteiger partial charge is 0.241 e. The van der Waals surface area contributed by atoms with Crippen molar-refractivity contribution < 1.29 is 9.53 Å². The van der Waals surface area contributed by atoms with E-state index in [9.17, 15) is 4.79 Å². The lowest BCUT2D eigenvalue weighted by Crippen LogP contribution is -2.49. The summed E-state index contributed by atoms with van der Waals surface area (Å²) in [5.74, 6) is 0.887. The number of ether oxygens (including phenoxy) is 1. The average molecular weight is 268 g/mol. The Kier molecular flexibility index (Phi) is 5.22. The molecular weight excluding hydrogens is 240 g/mol. The Bertz CT molecular complexity index is 297. The third kappa shape index (κ3) is 3.11. The van der Waals surface area contributed by atoms with Crippen LogP contribution in [0.4, 0.5) is 0 Å². The molecule has 1 N–H and O–H groups in total. The fourth-order valence-electron chi connectivity index (χ4n) is 3.64. The zero-order chi connectivity index (χ0) is 13.8. The lowest BCUT2D eigenvalue weighted by atomic mass is 10.0. The SMILES string of the molecule is CCCC(COC)N1C(=O)C(C)NC1C1CCCC1. The molecular formula is C15H28N2O2. The molecule has 0 radical (unpaired) electrons. The minimum absolute atomic E-state index is 0.0400. The number of nitrogens with zero attached hydrogens (tertiary/aromatic N) is 1. The van der Waals surface area contributed by atoms with Crippen LogP contribution in [0.2, 0.25) is 0 Å². The molecule has 2 aliphatic rings. The fourth-order valence-corrected chi connectivity index (χ4v) is 3.64. The summed E-state index contributed by atoms with van der Waals surface area (Å²) in [7, 11) is 1.73. The van der Waals surface area contributed by atoms with E-state index in [4.69, 9.17) is 4.74 Å². The second-order valence-electron chi connectivity index (χ2n) is 6.02. The molecule has 0 spiro atoms. The molecule has 3 atom stereocenters. The van der Waals surface area contributed by atoms with E-state index in [1.165, 1.54) is 25.7 Å². The molecule has 3 unspecified atom stereocenters. The van der Waals surface area contributed by atoms with Crippen LogP contribution in [0.1, 0.15) is 52.4 Å². The molecule has 4 nitrogen and oxygen atoms in total. The molecule has 1 amide bonds. The van der Waals surface area contributed by atoms with E-state index in [0.717, 1.165) is 12.8 Å². The number of methoxy groups -OCH3 is 1. The van der Waals surface area contributed by atoms with E-state index in [1.807, 2.05) is 6.92 Å². The highest BCUT2D eigenvalue weighted by atomic mass is 16.5. The van der Waals surface area contributed by atoms with Crippen LogP contribution in [0.15, 0.2) is 0 Å². The number of carbonyl (C=O) groups excluding carboxylic acids is 1. The standard InChI is InChI=1S/C15H28N2O2/c1-4-7-13(10-19-3)17-14(12-8-5-6-9-12)16-11(2)15(17)18/h11-14,16H,4-10H2,1-3H3. The van der Waals surface area contributed by atoms with Crippen LogP contribution in [0.3, 0.4) is 0 Å². The predicted molar refractivity (Wildman–Crippen MR) is 75.8 cm³/mol. The molecule has 2 fully saturated rings. The molecule has 1 saturated heterocycles. The van der Waals surface area contributed by atoms with Gasteiger partial charge in [-0.15, -0.1) is 0 Å². The first-order valence-electron chi connectivity index (χ1n) is 7.76. The minimum atomic E-state index is -0.0400. The fraction of sp³-hybridized carbons (Fsp3) is 0.933. The van der Waals surface area contributed by atoms with E-state index in [-0.39, 0.29) is 24.2 Å². The van der Waals surface area contributed by atoms with Gasteiger partial charge in [0.25, 0.3) is 0 Å². The lowest BCUT2D eigenvalue weighted by Gasteiger charge is -2.35. The van der Waals surface area contributed by atoms with Crippen LogP contribution in [-0.2, 0) is 9.53 Å². The third-order valence-electron chi connectivity index (χ3n) is 4.57. The van der Waals surface area contributed by atoms with Gasteiger partial charge in [-0.05, 0) is 32.1 Å². The molecule has 0 bridgehead atoms. The highest BCUT2D eigenvalue weighted by Crippen LogP contribution is 2.33. The second kappa shape index (κ2) is 6.71. The maximum absolute atomic E-state index is 12.5. The third-order valence-corrected chi connectivity index (χ3v) is 4.57. The maximum atomic E-state index is 12.5. The van der Waals surface area contributed by atoms with Gasteiger partial charge in [0.2, 0.25) is 5.91 Å². The van der Waals surface area contributed by atoms with E-state index < -0.39 is 0 Å². The number of hydrogen-bond donors (Lipinski definition) is 1. The van der Waals surface area contributed by atoms with Gasteiger partial charge < -0.3 is 9.64 Å². The normalized spacial score (nSPS) is 30.3. The highest BCUT2D eigenvalue weighted by molar-refractivity contribution is 5.84. The molecule has 0 aromatic heterocycles. The maximum Gasteiger partial charge on any atom is 0.241 e. The van der Waals surface area contributed by atoms with Crippen LogP contribution < -0.4 is 5.32 Å². The van der Waals surface area contributed by atoms with E-state index in [1.54, 1.807) is 7.11 Å². The van der Waals surface area contributed by atoms with E-state index in [2.05, 4.69) is 17.1 Å². The number of hydrogen-bond acceptors (Lipinski definition) is 3. The van der Waals surface area contributed by atoms with Crippen molar-refractivity contribution in [3.8, 4) is 0 Å². The van der Waals surface area contributed by atoms with Crippen LogP contribution in [0.5, 0.6) is 0 Å². The quantitative estimate of drug-likeness (QED) is 0.802. The zero-order valence-corrected chi connectivity index (χ0v) is 12.5. The molecule has 0 aromatic carbocycles. The molecule has 1 aliphatic heterocycles. The summed E-state index contributed by atoms with van der Waals surface area (Å²) in [5, 5.41) is 3.51. The average Bonchev–Trinajstić information content (AvgIpc) is 2.99. The summed E-state index contributed by atoms with van der Waals surface area (Å²) in [6.07, 6.45) is 7.46. The van der Waals surface area contributed by atoms with E-state index >= 15 is 0 Å². The monoisotopic (exact) mass is 268 g/mol. The van der Waals surface area contributed by atoms with Gasteiger partial charge in [-0.25, -0.2) is 0 Å². The molecule has 2 rings (SSSR count). The Morgan fingerprint density at radius 1 is 1.42 bits per heavy atom. The van der Waals surface area contributed by atoms with Crippen molar-refractivity contribution in [1.29, 1.82) is 0 Å². The van der Waals surface area contributed by atoms with Gasteiger partial charge in [0.05, 0.1) is 24.9 Å². The molecule has 4 heteroatoms. The van der Waals surface area contributed by atoms with Crippen molar-refractivity contribution >= 4 is 5.91 Å². The van der Waals surface area contributed by atoms with Crippen molar-refractivity contribution in [2.45, 2.75) is 70.6 Å². The minimum Gasteiger partial charge on any atom is -0.383 e. The molecule has 110 valence electrons. The Morgan fingerprint density at radius 3 is 2.68 bits per heavy atom. The highest BCUT2D eigenvalue weighted by Gasteiger charge is 2.44. The number of amides is 1. The largest absolute Gasteiger partial charge is 0.383 e. The topological polar surface area (TPSA) is 41.6 Å². The zero-order valence-electron chi connectivity index (χ0n) is 12.5. The van der Waals surface area contributed by atoms with Crippen LogP contribution >= 0.6 is 0 Å². The summed E-state index contributed by atoms with van der Waals surface area (Å²) in [6, 6.07) is 0.187. The summed E-state index contributed by atoms with van der Waals surface area (Å²) >= 11 is 0. The summed E-state index contributed by atoms with van der Waals surface area (Å²) in [5.41, 5.74) is 0. The Hall–Kier alpha value is -0.610. The van der Waals surface area contributed by atoms with Crippen molar-refractivity contribution in [1.82, 2.24) is 10.2 Å². The first kappa shape index (κ1) is 14.8. The lowest BCUT2D eigenvalue weighted by molar-refractivity contribution is -0.134. The predicted octanol–water partition coefficient (Wildman–Crippen LogP) is 2.14. The van der Waals surface area contributed by atoms with Gasteiger partial charge in [0, 0.05) is 7.11 Å². The number of carbonyl (C=O) groups is 1. The van der Waals surface area contributed by atoms with Crippen LogP contribution in [0, 0.1) is 5.92 Å². The molecule has 1 aliphatic carbocycles. The van der Waals surface area contributed by atoms with Crippen molar-refractivity contribution in [3.63, 3.8) is 0 Å². The Morgan fingerprint density at radius 2 is 2.11 bits per heavy atom. The molecule has 1 heterocycles. The first-order valence-corrected chi connectivity index (χ1v) is 7.76. The number of rotatable bonds is 6. The van der Waals surface area contributed by atoms with Crippen molar-refractivity contribution in [2.75, 3.05) is 13.7 Å². The molecule has 0 aromatic rings. The second-order valence-corrected chi connectivity index (χ2v) is 6.02. The first-order chi connectivity index (χ1) is 9.19. The Labute approximate surface area is 116 Å². The van der Waals surface area contributed by atoms with Crippen molar-refractivity contribution in [3.05, 3.63) is 0 Å². The van der Waals surface area contributed by atoms with Crippen molar-refractivity contribution in [2.24, 2.45) is 5.92 Å². The Balaban J connectivity index is 2.13. The molecule has 19 heavy (non-hydrogen) atoms. The summed E-state index contributed by atoms with van der Waals surface area (Å²) in [6.45, 7) is 4.81. The van der Waals surface area contributed by atoms with Crippen LogP contribution in [-0.4, -0.2) is 42.8 Å². The van der Waals surface area contributed by atoms with E-state index in [0.29, 0.717) is 12.5 Å². The van der Waals surface area contributed by atoms with Gasteiger partial charge in [-0.2, -0.15) is 0 Å². The summed E-state index contributed by atoms with van der Waals surface area (Å²) in [4.78, 5) is 14.6.